The Hall–Kier alpha value is -0.877. The van der Waals surface area contributed by atoms with Crippen molar-refractivity contribution in [3.8, 4) is 0 Å². The molecule has 146 valence electrons. The average molecular weight is 489 g/mol. The quantitative estimate of drug-likeness (QED) is 0.415. The van der Waals surface area contributed by atoms with E-state index in [1.54, 1.807) is 27.4 Å². The summed E-state index contributed by atoms with van der Waals surface area (Å²) in [6.45, 7) is 2.18. The van der Waals surface area contributed by atoms with Crippen LogP contribution in [0.25, 0.3) is 21.5 Å². The second kappa shape index (κ2) is 13.4. The van der Waals surface area contributed by atoms with Gasteiger partial charge in [0.2, 0.25) is 0 Å². The molecule has 3 heteroatoms. The van der Waals surface area contributed by atoms with Gasteiger partial charge in [-0.2, -0.15) is 6.08 Å². The van der Waals surface area contributed by atoms with Crippen LogP contribution in [0.15, 0.2) is 66.8 Å². The van der Waals surface area contributed by atoms with Crippen LogP contribution in [0.4, 0.5) is 0 Å². The maximum absolute atomic E-state index is 2.99. The van der Waals surface area contributed by atoms with Crippen LogP contribution in [0.3, 0.4) is 0 Å². The molecule has 0 radical (unpaired) electrons. The number of hydrogen-bond acceptors (Lipinski definition) is 0. The summed E-state index contributed by atoms with van der Waals surface area (Å²) < 4.78 is 1.80. The Kier molecular flexibility index (Phi) is 12.0. The van der Waals surface area contributed by atoms with Gasteiger partial charge in [0.25, 0.3) is 0 Å². The van der Waals surface area contributed by atoms with E-state index < -0.39 is 0 Å². The van der Waals surface area contributed by atoms with Crippen molar-refractivity contribution in [2.45, 2.75) is 45.4 Å². The summed E-state index contributed by atoms with van der Waals surface area (Å²) in [6, 6.07) is 17.3. The number of aryl methyl sites for hydroxylation is 1. The molecule has 0 spiro atoms. The predicted octanol–water partition coefficient (Wildman–Crippen LogP) is 1.00. The van der Waals surface area contributed by atoms with Crippen molar-refractivity contribution in [3.63, 3.8) is 0 Å². The monoisotopic (exact) mass is 486 g/mol. The van der Waals surface area contributed by atoms with E-state index in [-0.39, 0.29) is 24.8 Å². The summed E-state index contributed by atoms with van der Waals surface area (Å²) in [5.74, 6) is 0. The van der Waals surface area contributed by atoms with Crippen LogP contribution >= 0.6 is 0 Å². The Morgan fingerprint density at radius 3 is 2.18 bits per heavy atom. The fourth-order valence-corrected chi connectivity index (χ4v) is 4.38. The van der Waals surface area contributed by atoms with E-state index in [4.69, 9.17) is 0 Å². The van der Waals surface area contributed by atoms with Crippen LogP contribution in [0.1, 0.15) is 44.1 Å². The molecule has 2 aliphatic rings. The SMILES string of the molecule is Cc1cccc2[cH-]c3ccccc3c12.[C-]1=CC=CC1.[Cl-].[Cl-].[Zr+2]=[C]1CCCCC1. The second-order valence-electron chi connectivity index (χ2n) is 6.94. The minimum atomic E-state index is 0. The number of benzene rings is 2. The zero-order chi connectivity index (χ0) is 18.2. The third-order valence-corrected chi connectivity index (χ3v) is 6.12. The van der Waals surface area contributed by atoms with Crippen LogP contribution in [0, 0.1) is 13.0 Å². The van der Waals surface area contributed by atoms with Gasteiger partial charge in [-0.3, -0.25) is 6.08 Å². The zero-order valence-electron chi connectivity index (χ0n) is 16.3. The molecule has 0 heterocycles. The van der Waals surface area contributed by atoms with Gasteiger partial charge in [-0.15, -0.1) is 46.2 Å². The van der Waals surface area contributed by atoms with Gasteiger partial charge in [-0.1, -0.05) is 35.9 Å². The van der Waals surface area contributed by atoms with Gasteiger partial charge in [0.1, 0.15) is 0 Å². The van der Waals surface area contributed by atoms with E-state index >= 15 is 0 Å². The minimum absolute atomic E-state index is 0. The van der Waals surface area contributed by atoms with Gasteiger partial charge in [0.05, 0.1) is 0 Å². The van der Waals surface area contributed by atoms with E-state index in [2.05, 4.69) is 67.6 Å². The number of fused-ring (bicyclic) bond motifs is 3. The van der Waals surface area contributed by atoms with E-state index in [1.807, 2.05) is 12.2 Å². The van der Waals surface area contributed by atoms with E-state index in [9.17, 15) is 0 Å². The molecule has 0 amide bonds. The second-order valence-corrected chi connectivity index (χ2v) is 8.68. The first-order valence-corrected chi connectivity index (χ1v) is 10.8. The molecular weight excluding hydrogens is 462 g/mol. The van der Waals surface area contributed by atoms with Crippen molar-refractivity contribution < 1.29 is 49.0 Å². The molecule has 0 N–H and O–H groups in total. The van der Waals surface area contributed by atoms with Crippen LogP contribution < -0.4 is 24.8 Å². The predicted molar refractivity (Wildman–Crippen MR) is 111 cm³/mol. The molecule has 0 saturated heterocycles. The number of halogens is 2. The normalized spacial score (nSPS) is 14.5. The molecule has 0 nitrogen and oxygen atoms in total. The summed E-state index contributed by atoms with van der Waals surface area (Å²) in [7, 11) is 0. The summed E-state index contributed by atoms with van der Waals surface area (Å²) in [5.41, 5.74) is 1.36. The van der Waals surface area contributed by atoms with Crippen molar-refractivity contribution in [1.82, 2.24) is 0 Å². The summed E-state index contributed by atoms with van der Waals surface area (Å²) in [6.07, 6.45) is 17.3. The summed E-state index contributed by atoms with van der Waals surface area (Å²) >= 11 is 1.69. The summed E-state index contributed by atoms with van der Waals surface area (Å²) in [4.78, 5) is 0. The molecule has 28 heavy (non-hydrogen) atoms. The third kappa shape index (κ3) is 7.18. The standard InChI is InChI=1S/C14H11.C6H10.C5H5.2ClH.Zr/c1-10-5-4-7-12-9-11-6-2-3-8-13(11)14(10)12;1-2-4-6-5-3-1;1-2-4-5-3-1;;;/h2-9H,1H3;1-5H2;1-3H,4H2;2*1H;/q-1;;-1;;;+2/p-2. The number of rotatable bonds is 0. The van der Waals surface area contributed by atoms with Gasteiger partial charge >= 0.3 is 59.5 Å². The first-order chi connectivity index (χ1) is 12.8. The maximum atomic E-state index is 2.99. The molecular formula is C25H26Cl2Zr-2. The molecule has 3 aromatic carbocycles. The molecule has 2 aliphatic carbocycles. The molecule has 0 bridgehead atoms. The van der Waals surface area contributed by atoms with Gasteiger partial charge in [-0.05, 0) is 6.92 Å². The van der Waals surface area contributed by atoms with Crippen molar-refractivity contribution in [1.29, 1.82) is 0 Å². The van der Waals surface area contributed by atoms with Gasteiger partial charge < -0.3 is 24.8 Å². The molecule has 5 rings (SSSR count). The molecule has 0 unspecified atom stereocenters. The van der Waals surface area contributed by atoms with Gasteiger partial charge in [-0.25, -0.2) is 12.2 Å². The Balaban J connectivity index is 0.000000237. The van der Waals surface area contributed by atoms with E-state index in [0.717, 1.165) is 6.42 Å². The number of hydrogen-bond donors (Lipinski definition) is 0. The Morgan fingerprint density at radius 1 is 0.893 bits per heavy atom. The van der Waals surface area contributed by atoms with Gasteiger partial charge in [0.15, 0.2) is 0 Å². The Morgan fingerprint density at radius 2 is 1.61 bits per heavy atom. The van der Waals surface area contributed by atoms with Crippen LogP contribution in [-0.2, 0) is 24.2 Å². The van der Waals surface area contributed by atoms with Crippen molar-refractivity contribution in [2.24, 2.45) is 0 Å². The number of allylic oxidation sites excluding steroid dienone is 4. The van der Waals surface area contributed by atoms with E-state index in [0.29, 0.717) is 0 Å². The van der Waals surface area contributed by atoms with E-state index in [1.165, 1.54) is 59.2 Å². The van der Waals surface area contributed by atoms with Crippen molar-refractivity contribution in [2.75, 3.05) is 0 Å². The summed E-state index contributed by atoms with van der Waals surface area (Å²) in [5, 5.41) is 5.48. The average Bonchev–Trinajstić information content (AvgIpc) is 3.35. The van der Waals surface area contributed by atoms with Crippen molar-refractivity contribution >= 4 is 24.8 Å². The zero-order valence-corrected chi connectivity index (χ0v) is 20.3. The fourth-order valence-electron chi connectivity index (χ4n) is 3.52. The molecule has 3 aromatic rings. The van der Waals surface area contributed by atoms with Gasteiger partial charge in [0, 0.05) is 0 Å². The van der Waals surface area contributed by atoms with Crippen LogP contribution in [0.5, 0.6) is 0 Å². The first-order valence-electron chi connectivity index (χ1n) is 9.57. The van der Waals surface area contributed by atoms with Crippen LogP contribution in [-0.4, -0.2) is 3.21 Å². The topological polar surface area (TPSA) is 0 Å². The molecule has 1 fully saturated rings. The Labute approximate surface area is 196 Å². The van der Waals surface area contributed by atoms with Crippen molar-refractivity contribution in [3.05, 3.63) is 78.4 Å². The molecule has 0 aliphatic heterocycles. The fraction of sp³-hybridized carbons (Fsp3) is 0.280. The van der Waals surface area contributed by atoms with Crippen LogP contribution in [0.2, 0.25) is 0 Å². The first kappa shape index (κ1) is 25.2. The third-order valence-electron chi connectivity index (χ3n) is 4.89. The Bertz CT molecular complexity index is 916. The molecule has 1 saturated carbocycles. The molecule has 0 aromatic heterocycles. The molecule has 0 atom stereocenters.